The first-order chi connectivity index (χ1) is 16.2. The molecule has 1 saturated heterocycles. The van der Waals surface area contributed by atoms with Crippen LogP contribution in [0.4, 0.5) is 0 Å². The van der Waals surface area contributed by atoms with E-state index < -0.39 is 0 Å². The number of nitrogens with one attached hydrogen (secondary N) is 3. The van der Waals surface area contributed by atoms with Gasteiger partial charge in [0.1, 0.15) is 32.2 Å². The van der Waals surface area contributed by atoms with E-state index in [0.717, 1.165) is 0 Å². The van der Waals surface area contributed by atoms with Crippen LogP contribution in [0, 0.1) is 13.8 Å². The molecule has 1 aromatic heterocycles. The molecule has 170 valence electrons. The van der Waals surface area contributed by atoms with Gasteiger partial charge in [-0.15, -0.1) is 0 Å². The quantitative estimate of drug-likeness (QED) is 0.394. The minimum absolute atomic E-state index is 0.430. The van der Waals surface area contributed by atoms with Crippen LogP contribution in [0.1, 0.15) is 40.3 Å². The smallest absolute Gasteiger partial charge is 0.139 e. The van der Waals surface area contributed by atoms with Crippen molar-refractivity contribution < 1.29 is 9.80 Å². The van der Waals surface area contributed by atoms with E-state index in [9.17, 15) is 0 Å². The third-order valence-electron chi connectivity index (χ3n) is 7.48. The van der Waals surface area contributed by atoms with E-state index in [1.807, 2.05) is 0 Å². The normalized spacial score (nSPS) is 18.8. The lowest BCUT2D eigenvalue weighted by molar-refractivity contribution is -1.02. The van der Waals surface area contributed by atoms with Gasteiger partial charge in [-0.25, -0.2) is 0 Å². The highest BCUT2D eigenvalue weighted by molar-refractivity contribution is 5.82. The van der Waals surface area contributed by atoms with E-state index in [4.69, 9.17) is 0 Å². The molecule has 3 heteroatoms. The summed E-state index contributed by atoms with van der Waals surface area (Å²) in [4.78, 5) is 6.90. The Bertz CT molecular complexity index is 1120. The maximum Gasteiger partial charge on any atom is 0.139 e. The summed E-state index contributed by atoms with van der Waals surface area (Å²) in [5, 5.41) is 1.39. The van der Waals surface area contributed by atoms with Gasteiger partial charge in [0.15, 0.2) is 0 Å². The molecular formula is C30H37N3+2. The van der Waals surface area contributed by atoms with Gasteiger partial charge in [-0.05, 0) is 31.9 Å². The average Bonchev–Trinajstić information content (AvgIpc) is 3.26. The number of para-hydroxylation sites is 1. The van der Waals surface area contributed by atoms with Crippen LogP contribution in [0.3, 0.4) is 0 Å². The lowest BCUT2D eigenvalue weighted by Crippen LogP contribution is -3.28. The Morgan fingerprint density at radius 2 is 1.36 bits per heavy atom. The predicted octanol–water partition coefficient (Wildman–Crippen LogP) is 3.29. The van der Waals surface area contributed by atoms with Gasteiger partial charge in [0.2, 0.25) is 0 Å². The standard InChI is InChI=1S/C30H35N3/c1-23-9-13-25(14-10-23)30(26-15-11-24(2)12-16-26)33-20-18-32(19-21-33)17-5-6-27-22-31-29-8-4-3-7-28(27)29/h3-4,7-16,22,30-31H,5-6,17-21H2,1-2H3/p+2. The van der Waals surface area contributed by atoms with E-state index >= 15 is 0 Å². The van der Waals surface area contributed by atoms with Gasteiger partial charge >= 0.3 is 0 Å². The van der Waals surface area contributed by atoms with Gasteiger partial charge in [0, 0.05) is 34.6 Å². The Balaban J connectivity index is 1.21. The van der Waals surface area contributed by atoms with Crippen molar-refractivity contribution >= 4 is 10.9 Å². The predicted molar refractivity (Wildman–Crippen MR) is 137 cm³/mol. The maximum absolute atomic E-state index is 3.42. The van der Waals surface area contributed by atoms with Crippen LogP contribution in [0.25, 0.3) is 10.9 Å². The van der Waals surface area contributed by atoms with Crippen molar-refractivity contribution in [3.8, 4) is 0 Å². The van der Waals surface area contributed by atoms with Crippen molar-refractivity contribution in [2.75, 3.05) is 32.7 Å². The van der Waals surface area contributed by atoms with Gasteiger partial charge in [-0.2, -0.15) is 0 Å². The van der Waals surface area contributed by atoms with E-state index in [1.165, 1.54) is 84.3 Å². The summed E-state index contributed by atoms with van der Waals surface area (Å²) in [6.07, 6.45) is 4.63. The summed E-state index contributed by atoms with van der Waals surface area (Å²) in [6, 6.07) is 27.5. The van der Waals surface area contributed by atoms with Crippen LogP contribution in [0.15, 0.2) is 79.0 Å². The summed E-state index contributed by atoms with van der Waals surface area (Å²) in [7, 11) is 0. The molecule has 0 bridgehead atoms. The molecule has 1 aliphatic rings. The fourth-order valence-corrected chi connectivity index (χ4v) is 5.51. The summed E-state index contributed by atoms with van der Waals surface area (Å²) >= 11 is 0. The third kappa shape index (κ3) is 5.05. The molecule has 5 rings (SSSR count). The van der Waals surface area contributed by atoms with E-state index in [2.05, 4.69) is 97.8 Å². The van der Waals surface area contributed by atoms with Crippen LogP contribution in [-0.4, -0.2) is 37.7 Å². The number of hydrogen-bond acceptors (Lipinski definition) is 0. The summed E-state index contributed by atoms with van der Waals surface area (Å²) in [5.41, 5.74) is 8.29. The van der Waals surface area contributed by atoms with Gasteiger partial charge in [0.05, 0.1) is 6.54 Å². The second-order valence-corrected chi connectivity index (χ2v) is 9.88. The van der Waals surface area contributed by atoms with E-state index in [0.29, 0.717) is 6.04 Å². The zero-order valence-corrected chi connectivity index (χ0v) is 20.0. The topological polar surface area (TPSA) is 24.7 Å². The van der Waals surface area contributed by atoms with Crippen LogP contribution < -0.4 is 9.80 Å². The molecule has 1 fully saturated rings. The minimum atomic E-state index is 0.430. The van der Waals surface area contributed by atoms with Crippen molar-refractivity contribution in [3.63, 3.8) is 0 Å². The average molecular weight is 440 g/mol. The molecule has 0 aliphatic carbocycles. The van der Waals surface area contributed by atoms with Gasteiger partial charge < -0.3 is 14.8 Å². The number of piperazine rings is 1. The number of hydrogen-bond donors (Lipinski definition) is 3. The van der Waals surface area contributed by atoms with Crippen molar-refractivity contribution in [3.05, 3.63) is 107 Å². The van der Waals surface area contributed by atoms with Crippen molar-refractivity contribution in [2.45, 2.75) is 32.7 Å². The molecule has 33 heavy (non-hydrogen) atoms. The number of aromatic nitrogens is 1. The van der Waals surface area contributed by atoms with Crippen LogP contribution in [0.5, 0.6) is 0 Å². The fraction of sp³-hybridized carbons (Fsp3) is 0.333. The Hall–Kier alpha value is -2.88. The number of quaternary nitrogens is 2. The number of rotatable bonds is 7. The van der Waals surface area contributed by atoms with Crippen molar-refractivity contribution in [1.29, 1.82) is 0 Å². The lowest BCUT2D eigenvalue weighted by atomic mass is 9.95. The molecule has 0 atom stereocenters. The zero-order chi connectivity index (χ0) is 22.6. The Kier molecular flexibility index (Phi) is 6.61. The lowest BCUT2D eigenvalue weighted by Gasteiger charge is -2.35. The molecule has 4 aromatic rings. The first-order valence-electron chi connectivity index (χ1n) is 12.5. The summed E-state index contributed by atoms with van der Waals surface area (Å²) < 4.78 is 0. The molecule has 0 saturated carbocycles. The molecular weight excluding hydrogens is 402 g/mol. The van der Waals surface area contributed by atoms with Crippen LogP contribution in [0.2, 0.25) is 0 Å². The number of H-pyrrole nitrogens is 1. The second kappa shape index (κ2) is 9.94. The maximum atomic E-state index is 3.42. The first kappa shape index (κ1) is 21.9. The number of aryl methyl sites for hydroxylation is 3. The number of aromatic amines is 1. The minimum Gasteiger partial charge on any atom is -0.361 e. The van der Waals surface area contributed by atoms with Gasteiger partial charge in [0.25, 0.3) is 0 Å². The molecule has 1 aliphatic heterocycles. The number of fused-ring (bicyclic) bond motifs is 1. The van der Waals surface area contributed by atoms with Crippen LogP contribution in [-0.2, 0) is 6.42 Å². The summed E-state index contributed by atoms with van der Waals surface area (Å²) in [6.45, 7) is 10.6. The Labute approximate surface area is 198 Å². The van der Waals surface area contributed by atoms with Gasteiger partial charge in [-0.3, -0.25) is 0 Å². The zero-order valence-electron chi connectivity index (χ0n) is 20.0. The fourth-order valence-electron chi connectivity index (χ4n) is 5.51. The molecule has 3 nitrogen and oxygen atoms in total. The number of benzene rings is 3. The largest absolute Gasteiger partial charge is 0.361 e. The molecule has 0 amide bonds. The third-order valence-corrected chi connectivity index (χ3v) is 7.48. The van der Waals surface area contributed by atoms with Gasteiger partial charge in [-0.1, -0.05) is 77.9 Å². The SMILES string of the molecule is Cc1ccc(C(c2ccc(C)cc2)[NH+]2CC[NH+](CCCc3c[nH]c4ccccc34)CC2)cc1. The van der Waals surface area contributed by atoms with E-state index in [1.54, 1.807) is 9.80 Å². The highest BCUT2D eigenvalue weighted by Gasteiger charge is 2.31. The van der Waals surface area contributed by atoms with Crippen molar-refractivity contribution in [2.24, 2.45) is 0 Å². The Morgan fingerprint density at radius 3 is 2.00 bits per heavy atom. The molecule has 2 heterocycles. The highest BCUT2D eigenvalue weighted by atomic mass is 15.3. The molecule has 0 unspecified atom stereocenters. The van der Waals surface area contributed by atoms with Crippen LogP contribution >= 0.6 is 0 Å². The van der Waals surface area contributed by atoms with E-state index in [-0.39, 0.29) is 0 Å². The molecule has 3 N–H and O–H groups in total. The highest BCUT2D eigenvalue weighted by Crippen LogP contribution is 2.21. The second-order valence-electron chi connectivity index (χ2n) is 9.88. The first-order valence-corrected chi connectivity index (χ1v) is 12.5. The van der Waals surface area contributed by atoms with Crippen molar-refractivity contribution in [1.82, 2.24) is 4.98 Å². The molecule has 0 spiro atoms. The Morgan fingerprint density at radius 1 is 0.758 bits per heavy atom. The molecule has 3 aromatic carbocycles. The monoisotopic (exact) mass is 439 g/mol. The molecule has 0 radical (unpaired) electrons. The summed E-state index contributed by atoms with van der Waals surface area (Å²) in [5.74, 6) is 0.